The molecule has 0 saturated carbocycles. The number of halogens is 2. The van der Waals surface area contributed by atoms with Gasteiger partial charge in [0.15, 0.2) is 11.9 Å². The number of hydrogen-bond acceptors (Lipinski definition) is 28. The first-order valence-electron chi connectivity index (χ1n) is 36.5. The molecule has 35 nitrogen and oxygen atoms in total. The summed E-state index contributed by atoms with van der Waals surface area (Å²) < 4.78 is 29.9. The van der Waals surface area contributed by atoms with E-state index < -0.39 is 51.5 Å². The van der Waals surface area contributed by atoms with Crippen LogP contribution in [0.2, 0.25) is 10.0 Å². The van der Waals surface area contributed by atoms with Gasteiger partial charge in [0.2, 0.25) is 16.3 Å². The van der Waals surface area contributed by atoms with Crippen molar-refractivity contribution in [3.05, 3.63) is 289 Å². The van der Waals surface area contributed by atoms with E-state index in [0.29, 0.717) is 98.9 Å². The maximum Gasteiger partial charge on any atom is 0.347 e. The topological polar surface area (TPSA) is 467 Å². The third-order valence-electron chi connectivity index (χ3n) is 16.9. The van der Waals surface area contributed by atoms with Crippen LogP contribution >= 0.6 is 23.2 Å². The zero-order chi connectivity index (χ0) is 86.8. The number of amides is 2. The van der Waals surface area contributed by atoms with Gasteiger partial charge in [-0.05, 0) is 117 Å². The minimum atomic E-state index is -0.743. The number of benzene rings is 2. The summed E-state index contributed by atoms with van der Waals surface area (Å²) in [6.07, 6.45) is 10.3. The fourth-order valence-electron chi connectivity index (χ4n) is 10.7. The van der Waals surface area contributed by atoms with Crippen molar-refractivity contribution in [1.29, 1.82) is 0 Å². The van der Waals surface area contributed by atoms with Gasteiger partial charge in [-0.3, -0.25) is 58.5 Å². The van der Waals surface area contributed by atoms with E-state index in [1.165, 1.54) is 50.0 Å². The maximum absolute atomic E-state index is 13.0. The van der Waals surface area contributed by atoms with Gasteiger partial charge in [-0.2, -0.15) is 0 Å². The van der Waals surface area contributed by atoms with E-state index in [0.717, 1.165) is 36.1 Å². The van der Waals surface area contributed by atoms with Gasteiger partial charge in [-0.15, -0.1) is 5.69 Å². The number of aldehydes is 1. The molecule has 9 aromatic heterocycles. The molecule has 39 heteroatoms. The Balaban J connectivity index is 0.000000266. The monoisotopic (exact) mass is 1850 g/mol. The summed E-state index contributed by atoms with van der Waals surface area (Å²) >= 11 is 11.7. The second-order valence-electron chi connectivity index (χ2n) is 25.4. The van der Waals surface area contributed by atoms with Crippen LogP contribution in [0, 0.1) is 10.1 Å². The maximum atomic E-state index is 13.0. The second-order valence-corrected chi connectivity index (χ2v) is 26.3. The summed E-state index contributed by atoms with van der Waals surface area (Å²) in [7, 11) is 6.91. The Morgan fingerprint density at radius 3 is 1.43 bits per heavy atom. The molecule has 2 aromatic carbocycles. The van der Waals surface area contributed by atoms with E-state index in [9.17, 15) is 63.2 Å². The summed E-state index contributed by atoms with van der Waals surface area (Å²) in [5.41, 5.74) is 13.6. The van der Waals surface area contributed by atoms with Gasteiger partial charge in [0.05, 0.1) is 115 Å². The van der Waals surface area contributed by atoms with Gasteiger partial charge in [0.1, 0.15) is 51.7 Å². The molecular weight excluding hydrogens is 1760 g/mol. The zero-order valence-corrected chi connectivity index (χ0v) is 74.3. The number of aromatic nitrogens is 9. The number of ether oxygens (including phenoxy) is 5. The number of nitrogens with one attached hydrogen (secondary N) is 3. The van der Waals surface area contributed by atoms with Crippen molar-refractivity contribution < 1.29 is 143 Å². The van der Waals surface area contributed by atoms with Crippen molar-refractivity contribution in [3.63, 3.8) is 0 Å². The summed E-state index contributed by atoms with van der Waals surface area (Å²) in [6, 6.07) is 33.9. The summed E-state index contributed by atoms with van der Waals surface area (Å²) in [4.78, 5) is 157. The number of aliphatic hydroxyl groups excluding tert-OH is 3. The van der Waals surface area contributed by atoms with Crippen LogP contribution in [0.1, 0.15) is 109 Å². The number of hydrogen-bond donors (Lipinski definition) is 5. The summed E-state index contributed by atoms with van der Waals surface area (Å²) in [5.74, 6) is -3.51. The predicted molar refractivity (Wildman–Crippen MR) is 440 cm³/mol. The quantitative estimate of drug-likeness (QED) is 0.00584. The smallest absolute Gasteiger partial charge is 0.347 e. The first kappa shape index (κ1) is 100. The van der Waals surface area contributed by atoms with E-state index in [-0.39, 0.29) is 168 Å². The van der Waals surface area contributed by atoms with Crippen molar-refractivity contribution >= 4 is 115 Å². The molecule has 11 aromatic rings. The van der Waals surface area contributed by atoms with E-state index in [2.05, 4.69) is 45.4 Å². The first-order valence-corrected chi connectivity index (χ1v) is 37.2. The Morgan fingerprint density at radius 1 is 0.570 bits per heavy atom. The minimum Gasteiger partial charge on any atom is -0.697 e. The van der Waals surface area contributed by atoms with Crippen LogP contribution in [0.15, 0.2) is 185 Å². The molecule has 12 rings (SSSR count). The number of carbonyl (C=O) groups is 7. The number of anilines is 1. The van der Waals surface area contributed by atoms with E-state index in [4.69, 9.17) is 62.8 Å². The van der Waals surface area contributed by atoms with Crippen LogP contribution in [0.4, 0.5) is 17.1 Å². The molecule has 2 amide bonds. The molecule has 10 heterocycles. The molecule has 1 saturated heterocycles. The van der Waals surface area contributed by atoms with E-state index >= 15 is 0 Å². The average molecular weight is 1850 g/mol. The van der Waals surface area contributed by atoms with E-state index in [1.54, 1.807) is 159 Å². The number of carbonyl (C=O) groups excluding carboxylic acids is 7. The third kappa shape index (κ3) is 30.5. The second kappa shape index (κ2) is 50.8. The molecule has 121 heavy (non-hydrogen) atoms. The van der Waals surface area contributed by atoms with Crippen molar-refractivity contribution in [3.8, 4) is 0 Å². The fourth-order valence-corrected chi connectivity index (χ4v) is 11.0. The van der Waals surface area contributed by atoms with Crippen LogP contribution in [-0.2, 0) is 171 Å². The molecule has 0 unspecified atom stereocenters. The first-order chi connectivity index (χ1) is 57.0. The predicted octanol–water partition coefficient (Wildman–Crippen LogP) is 8.61. The molecule has 2 radical (unpaired) electrons. The van der Waals surface area contributed by atoms with Crippen LogP contribution in [0.5, 0.6) is 0 Å². The largest absolute Gasteiger partial charge is 0.697 e. The van der Waals surface area contributed by atoms with Crippen molar-refractivity contribution in [1.82, 2.24) is 59.1 Å². The number of pyridine rings is 9. The number of rotatable bonds is 23. The van der Waals surface area contributed by atoms with Crippen LogP contribution < -0.4 is 31.8 Å². The normalized spacial score (nSPS) is 11.1. The Kier molecular flexibility index (Phi) is 42.1. The van der Waals surface area contributed by atoms with Gasteiger partial charge < -0.3 is 74.0 Å². The SMILES string of the molecule is CCOC(=O)C(=CN(C)c1ccc(CO)nc1)C(=O)OCC.CCOC(=O)c1cn(C)c2ccc(COC(C)=O)nc2c1=O.Cn1cc(C(=O)NCc2ccc(Cl)cc2)c(=O)c2nc(CN3CCOCC3)ccc21.Cn1cc(C(=O)NCc2ccc(Cl)cc2)c(=O)c2nc(CO)ccc21.O=Cc1ccc([N+](=O)[O-])cn1.[NH-]c1ccc(CO)nc1.[Y].[Y]. The number of morpholine rings is 1. The molecule has 0 bridgehead atoms. The fraction of sp³-hybridized carbons (Fsp3) is 0.268. The molecule has 0 spiro atoms. The van der Waals surface area contributed by atoms with Crippen LogP contribution in [0.3, 0.4) is 0 Å². The van der Waals surface area contributed by atoms with E-state index in [1.807, 2.05) is 24.3 Å². The van der Waals surface area contributed by atoms with Crippen molar-refractivity contribution in [2.75, 3.05) is 58.1 Å². The minimum absolute atomic E-state index is 0. The number of aliphatic hydroxyl groups is 3. The van der Waals surface area contributed by atoms with Crippen molar-refractivity contribution in [2.45, 2.75) is 73.8 Å². The van der Waals surface area contributed by atoms with Gasteiger partial charge >= 0.3 is 23.9 Å². The van der Waals surface area contributed by atoms with Crippen LogP contribution in [0.25, 0.3) is 38.8 Å². The molecule has 1 aliphatic rings. The standard InChI is InChI=1S/C22H23ClN4O3.C18H16ClN3O3.C15H16N2O5.C15H20N2O5.C6H4N2O3.C6H7N2O.2Y/c1-26-14-18(22(29)24-12-15-2-4-16(23)5-3-15)21(28)20-19(26)7-6-17(25-20)13-27-8-10-30-11-9-27;1-22-9-14(17(24)16-15(22)7-6-13(10-23)21-16)18(25)20-8-11-2-4-12(19)5-3-11;1-4-21-15(20)11-7-17(3)12-6-5-10(8-22-9(2)18)16-13(12)14(11)19;1-4-21-14(19)13(15(20)22-5-2)9-17(3)12-7-6-11(10-18)16-8-12;9-4-5-1-2-6(3-7-5)8(10)11;7-5-1-2-6(4-9)8-3-5;;/h2-7,14H,8-13H2,1H3,(H,24,29);2-7,9,23H,8,10H2,1H3,(H,20,25);5-7H,4,8H2,1-3H3;6-9,18H,4-5,10H2,1-3H3;1-4H;1-3,7,9H,4H2;;/q;;;;;-1;;. The van der Waals surface area contributed by atoms with Gasteiger partial charge in [0, 0.05) is 180 Å². The molecule has 0 atom stereocenters. The number of fused-ring (bicyclic) bond motifs is 3. The Labute approximate surface area is 753 Å². The molecule has 6 N–H and O–H groups in total. The summed E-state index contributed by atoms with van der Waals surface area (Å²) in [6.45, 7) is 10.6. The number of nitro groups is 1. The Morgan fingerprint density at radius 2 is 1.01 bits per heavy atom. The Bertz CT molecular complexity index is 5590. The Hall–Kier alpha value is -11.2. The number of esters is 4. The molecule has 0 aliphatic carbocycles. The number of aryl methyl sites for hydroxylation is 3. The molecule has 630 valence electrons. The number of nitrogens with zero attached hydrogens (tertiary/aromatic N) is 12. The molecule has 1 aliphatic heterocycles. The van der Waals surface area contributed by atoms with Crippen LogP contribution in [-0.4, -0.2) is 164 Å². The van der Waals surface area contributed by atoms with Gasteiger partial charge in [-0.1, -0.05) is 53.5 Å². The third-order valence-corrected chi connectivity index (χ3v) is 17.4. The van der Waals surface area contributed by atoms with Crippen molar-refractivity contribution in [2.24, 2.45) is 21.1 Å². The van der Waals surface area contributed by atoms with Gasteiger partial charge in [0.25, 0.3) is 17.5 Å². The summed E-state index contributed by atoms with van der Waals surface area (Å²) in [5, 5.41) is 43.5. The molecule has 1 fully saturated rings. The zero-order valence-electron chi connectivity index (χ0n) is 67.1. The molecular formula is C82H86Cl2N15O20Y2-. The average Bonchev–Trinajstić information content (AvgIpc) is 0.785. The van der Waals surface area contributed by atoms with Gasteiger partial charge in [-0.25, -0.2) is 34.3 Å².